The van der Waals surface area contributed by atoms with Gasteiger partial charge in [0.15, 0.2) is 0 Å². The number of hydrogen-bond acceptors (Lipinski definition) is 2. The molecule has 1 rings (SSSR count). The van der Waals surface area contributed by atoms with E-state index < -0.39 is 0 Å². The highest BCUT2D eigenvalue weighted by Crippen LogP contribution is 2.19. The van der Waals surface area contributed by atoms with Crippen LogP contribution in [0.1, 0.15) is 25.0 Å². The van der Waals surface area contributed by atoms with Crippen molar-refractivity contribution in [3.05, 3.63) is 41.5 Å². The predicted octanol–water partition coefficient (Wildman–Crippen LogP) is 2.83. The Morgan fingerprint density at radius 2 is 2.18 bits per heavy atom. The van der Waals surface area contributed by atoms with Crippen LogP contribution in [0.15, 0.2) is 30.3 Å². The van der Waals surface area contributed by atoms with Crippen molar-refractivity contribution in [3.63, 3.8) is 0 Å². The zero-order valence-corrected chi connectivity index (χ0v) is 10.2. The third-order valence-electron chi connectivity index (χ3n) is 2.36. The van der Waals surface area contributed by atoms with Gasteiger partial charge < -0.3 is 4.74 Å². The van der Waals surface area contributed by atoms with Crippen LogP contribution in [0, 0.1) is 12.3 Å². The van der Waals surface area contributed by atoms with Crippen LogP contribution in [0.4, 0.5) is 0 Å². The summed E-state index contributed by atoms with van der Waals surface area (Å²) in [6.45, 7) is 4.05. The zero-order chi connectivity index (χ0) is 12.7. The summed E-state index contributed by atoms with van der Waals surface area (Å²) in [5.41, 5.74) is 2.92. The lowest BCUT2D eigenvalue weighted by Crippen LogP contribution is -2.01. The quantitative estimate of drug-likeness (QED) is 0.450. The Balaban J connectivity index is 2.99. The van der Waals surface area contributed by atoms with Crippen LogP contribution in [-0.4, -0.2) is 12.6 Å². The minimum atomic E-state index is -0.319. The van der Waals surface area contributed by atoms with Gasteiger partial charge in [-0.1, -0.05) is 24.3 Å². The summed E-state index contributed by atoms with van der Waals surface area (Å²) < 4.78 is 4.88. The standard InChI is InChI=1S/C15H16O2/c1-4-8-13-9-6-7-10-14(13)12(3)11-15(16)17-5-2/h1,6-7,9-11H,5,8H2,2-3H3/b12-11+. The summed E-state index contributed by atoms with van der Waals surface area (Å²) in [5, 5.41) is 0. The SMILES string of the molecule is C#CCc1ccccc1/C(C)=C/C(=O)OCC. The van der Waals surface area contributed by atoms with Gasteiger partial charge in [0.2, 0.25) is 0 Å². The van der Waals surface area contributed by atoms with Gasteiger partial charge in [-0.2, -0.15) is 0 Å². The van der Waals surface area contributed by atoms with E-state index in [-0.39, 0.29) is 5.97 Å². The first-order chi connectivity index (χ1) is 8.19. The first-order valence-electron chi connectivity index (χ1n) is 5.55. The van der Waals surface area contributed by atoms with Crippen LogP contribution in [0.25, 0.3) is 5.57 Å². The molecule has 88 valence electrons. The maximum atomic E-state index is 11.4. The maximum Gasteiger partial charge on any atom is 0.331 e. The maximum absolute atomic E-state index is 11.4. The molecule has 1 aromatic rings. The molecule has 0 bridgehead atoms. The van der Waals surface area contributed by atoms with Crippen LogP contribution in [0.3, 0.4) is 0 Å². The molecule has 0 aliphatic heterocycles. The molecule has 0 amide bonds. The summed E-state index contributed by atoms with van der Waals surface area (Å²) in [5.74, 6) is 2.30. The molecule has 0 aliphatic rings. The van der Waals surface area contributed by atoms with Crippen molar-refractivity contribution in [2.45, 2.75) is 20.3 Å². The van der Waals surface area contributed by atoms with E-state index in [4.69, 9.17) is 11.2 Å². The Morgan fingerprint density at radius 1 is 1.47 bits per heavy atom. The van der Waals surface area contributed by atoms with Gasteiger partial charge >= 0.3 is 5.97 Å². The summed E-state index contributed by atoms with van der Waals surface area (Å²) in [6.07, 6.45) is 7.38. The van der Waals surface area contributed by atoms with Gasteiger partial charge in [-0.3, -0.25) is 0 Å². The molecule has 1 aromatic carbocycles. The fraction of sp³-hybridized carbons (Fsp3) is 0.267. The van der Waals surface area contributed by atoms with E-state index in [9.17, 15) is 4.79 Å². The summed E-state index contributed by atoms with van der Waals surface area (Å²) >= 11 is 0. The number of benzene rings is 1. The van der Waals surface area contributed by atoms with Gasteiger partial charge in [0.25, 0.3) is 0 Å². The number of rotatable bonds is 4. The molecule has 0 N–H and O–H groups in total. The third-order valence-corrected chi connectivity index (χ3v) is 2.36. The number of terminal acetylenes is 1. The highest BCUT2D eigenvalue weighted by molar-refractivity contribution is 5.91. The van der Waals surface area contributed by atoms with E-state index in [0.29, 0.717) is 13.0 Å². The molecular weight excluding hydrogens is 212 g/mol. The van der Waals surface area contributed by atoms with Gasteiger partial charge in [0.1, 0.15) is 0 Å². The van der Waals surface area contributed by atoms with E-state index in [0.717, 1.165) is 16.7 Å². The first-order valence-corrected chi connectivity index (χ1v) is 5.55. The number of hydrogen-bond donors (Lipinski definition) is 0. The van der Waals surface area contributed by atoms with Crippen molar-refractivity contribution in [2.75, 3.05) is 6.61 Å². The van der Waals surface area contributed by atoms with Crippen molar-refractivity contribution >= 4 is 11.5 Å². The molecular formula is C15H16O2. The van der Waals surface area contributed by atoms with Gasteiger partial charge in [-0.25, -0.2) is 4.79 Å². The first kappa shape index (κ1) is 13.1. The van der Waals surface area contributed by atoms with E-state index in [1.807, 2.05) is 31.2 Å². The Bertz CT molecular complexity index is 464. The fourth-order valence-corrected chi connectivity index (χ4v) is 1.61. The minimum absolute atomic E-state index is 0.319. The normalized spacial score (nSPS) is 10.8. The molecule has 0 fully saturated rings. The smallest absolute Gasteiger partial charge is 0.331 e. The van der Waals surface area contributed by atoms with Crippen LogP contribution in [0.5, 0.6) is 0 Å². The molecule has 2 heteroatoms. The van der Waals surface area contributed by atoms with Crippen molar-refractivity contribution in [1.29, 1.82) is 0 Å². The monoisotopic (exact) mass is 228 g/mol. The molecule has 0 atom stereocenters. The van der Waals surface area contributed by atoms with Gasteiger partial charge in [-0.05, 0) is 30.5 Å². The lowest BCUT2D eigenvalue weighted by Gasteiger charge is -2.07. The van der Waals surface area contributed by atoms with Gasteiger partial charge in [0.05, 0.1) is 6.61 Å². The number of allylic oxidation sites excluding steroid dienone is 1. The molecule has 0 saturated carbocycles. The molecule has 0 spiro atoms. The Kier molecular flexibility index (Phi) is 5.03. The topological polar surface area (TPSA) is 26.3 Å². The molecule has 2 nitrogen and oxygen atoms in total. The van der Waals surface area contributed by atoms with Crippen LogP contribution < -0.4 is 0 Å². The molecule has 0 saturated heterocycles. The minimum Gasteiger partial charge on any atom is -0.463 e. The highest BCUT2D eigenvalue weighted by atomic mass is 16.5. The molecule has 0 aliphatic carbocycles. The van der Waals surface area contributed by atoms with Crippen molar-refractivity contribution in [3.8, 4) is 12.3 Å². The van der Waals surface area contributed by atoms with Crippen LogP contribution in [0.2, 0.25) is 0 Å². The lowest BCUT2D eigenvalue weighted by atomic mass is 9.99. The average molecular weight is 228 g/mol. The molecule has 0 aromatic heterocycles. The fourth-order valence-electron chi connectivity index (χ4n) is 1.61. The van der Waals surface area contributed by atoms with E-state index in [1.165, 1.54) is 6.08 Å². The van der Waals surface area contributed by atoms with Crippen LogP contribution >= 0.6 is 0 Å². The van der Waals surface area contributed by atoms with E-state index in [2.05, 4.69) is 5.92 Å². The molecule has 0 radical (unpaired) electrons. The Morgan fingerprint density at radius 3 is 2.82 bits per heavy atom. The van der Waals surface area contributed by atoms with E-state index >= 15 is 0 Å². The number of carbonyl (C=O) groups excluding carboxylic acids is 1. The number of esters is 1. The zero-order valence-electron chi connectivity index (χ0n) is 10.2. The highest BCUT2D eigenvalue weighted by Gasteiger charge is 2.05. The van der Waals surface area contributed by atoms with Crippen molar-refractivity contribution < 1.29 is 9.53 Å². The summed E-state index contributed by atoms with van der Waals surface area (Å²) in [6, 6.07) is 7.79. The third kappa shape index (κ3) is 3.81. The Labute approximate surface area is 102 Å². The summed E-state index contributed by atoms with van der Waals surface area (Å²) in [4.78, 5) is 11.4. The van der Waals surface area contributed by atoms with Gasteiger partial charge in [-0.15, -0.1) is 12.3 Å². The van der Waals surface area contributed by atoms with Crippen molar-refractivity contribution in [1.82, 2.24) is 0 Å². The molecule has 0 unspecified atom stereocenters. The Hall–Kier alpha value is -2.01. The number of carbonyl (C=O) groups is 1. The molecule has 0 heterocycles. The number of ether oxygens (including phenoxy) is 1. The van der Waals surface area contributed by atoms with E-state index in [1.54, 1.807) is 6.92 Å². The predicted molar refractivity (Wildman–Crippen MR) is 69.3 cm³/mol. The lowest BCUT2D eigenvalue weighted by molar-refractivity contribution is -0.137. The van der Waals surface area contributed by atoms with Crippen LogP contribution in [-0.2, 0) is 16.0 Å². The largest absolute Gasteiger partial charge is 0.463 e. The van der Waals surface area contributed by atoms with Crippen molar-refractivity contribution in [2.24, 2.45) is 0 Å². The summed E-state index contributed by atoms with van der Waals surface area (Å²) in [7, 11) is 0. The second-order valence-electron chi connectivity index (χ2n) is 3.62. The second kappa shape index (κ2) is 6.55. The van der Waals surface area contributed by atoms with Gasteiger partial charge in [0, 0.05) is 12.5 Å². The average Bonchev–Trinajstić information content (AvgIpc) is 2.30. The second-order valence-corrected chi connectivity index (χ2v) is 3.62. The molecule has 17 heavy (non-hydrogen) atoms.